The standard InChI is InChI=1S/CH3ClO3S.Ca.2H/c2-1-6(3,4)5;;;/h1H2,(H,3,4,5);;;/q;+2;2*-1. The van der Waals surface area contributed by atoms with E-state index in [0.717, 1.165) is 0 Å². The van der Waals surface area contributed by atoms with Crippen LogP contribution in [-0.2, 0) is 10.1 Å². The molecular weight excluding hydrogens is 168 g/mol. The van der Waals surface area contributed by atoms with Crippen LogP contribution in [0.4, 0.5) is 0 Å². The maximum Gasteiger partial charge on any atom is 2.00 e. The molecule has 0 aliphatic heterocycles. The minimum Gasteiger partial charge on any atom is -1.00 e. The van der Waals surface area contributed by atoms with Gasteiger partial charge < -0.3 is 2.85 Å². The third-order valence-electron chi connectivity index (χ3n) is 0.138. The quantitative estimate of drug-likeness (QED) is 0.342. The Morgan fingerprint density at radius 3 is 1.86 bits per heavy atom. The van der Waals surface area contributed by atoms with Crippen LogP contribution in [0, 0.1) is 0 Å². The van der Waals surface area contributed by atoms with Crippen molar-refractivity contribution in [2.75, 3.05) is 5.21 Å². The topological polar surface area (TPSA) is 54.4 Å². The minimum atomic E-state index is -3.90. The van der Waals surface area contributed by atoms with Gasteiger partial charge in [-0.2, -0.15) is 8.42 Å². The molecule has 0 radical (unpaired) electrons. The van der Waals surface area contributed by atoms with Crippen LogP contribution in [0.15, 0.2) is 0 Å². The molecule has 3 nitrogen and oxygen atoms in total. The van der Waals surface area contributed by atoms with E-state index in [-0.39, 0.29) is 40.6 Å². The van der Waals surface area contributed by atoms with E-state index in [2.05, 4.69) is 11.6 Å². The molecule has 0 saturated carbocycles. The van der Waals surface area contributed by atoms with Crippen LogP contribution in [0.5, 0.6) is 0 Å². The van der Waals surface area contributed by atoms with Crippen LogP contribution in [0.2, 0.25) is 0 Å². The second-order valence-electron chi connectivity index (χ2n) is 0.691. The molecule has 6 heteroatoms. The molecule has 42 valence electrons. The molecule has 0 fully saturated rings. The average molecular weight is 173 g/mol. The summed E-state index contributed by atoms with van der Waals surface area (Å²) in [6.45, 7) is 0. The van der Waals surface area contributed by atoms with Crippen molar-refractivity contribution in [1.82, 2.24) is 0 Å². The first-order valence-corrected chi connectivity index (χ1v) is 3.22. The molecule has 0 aromatic carbocycles. The number of rotatable bonds is 1. The van der Waals surface area contributed by atoms with E-state index < -0.39 is 15.3 Å². The molecule has 0 bridgehead atoms. The molecule has 0 heterocycles. The molecular formula is CH5CaClO3S. The molecule has 0 aliphatic carbocycles. The van der Waals surface area contributed by atoms with Crippen molar-refractivity contribution in [3.63, 3.8) is 0 Å². The smallest absolute Gasteiger partial charge is 1.00 e. The van der Waals surface area contributed by atoms with Gasteiger partial charge in [-0.15, -0.1) is 11.6 Å². The van der Waals surface area contributed by atoms with Gasteiger partial charge in [-0.1, -0.05) is 0 Å². The summed E-state index contributed by atoms with van der Waals surface area (Å²) in [5.74, 6) is 0. The van der Waals surface area contributed by atoms with E-state index in [1.54, 1.807) is 0 Å². The Kier molecular flexibility index (Phi) is 7.01. The van der Waals surface area contributed by atoms with Gasteiger partial charge >= 0.3 is 37.7 Å². The maximum absolute atomic E-state index is 9.42. The fraction of sp³-hybridized carbons (Fsp3) is 1.00. The number of hydrogen-bond donors (Lipinski definition) is 1. The third kappa shape index (κ3) is 11.2. The predicted molar refractivity (Wildman–Crippen MR) is 30.2 cm³/mol. The third-order valence-corrected chi connectivity index (χ3v) is 1.24. The van der Waals surface area contributed by atoms with E-state index >= 15 is 0 Å². The summed E-state index contributed by atoms with van der Waals surface area (Å²) >= 11 is 4.64. The Labute approximate surface area is 79.8 Å². The predicted octanol–water partition coefficient (Wildman–Crippen LogP) is -0.0853. The van der Waals surface area contributed by atoms with Gasteiger partial charge in [-0.05, 0) is 0 Å². The molecule has 0 amide bonds. The van der Waals surface area contributed by atoms with Crippen molar-refractivity contribution in [3.8, 4) is 0 Å². The summed E-state index contributed by atoms with van der Waals surface area (Å²) in [5, 5.41) is -0.729. The van der Waals surface area contributed by atoms with Crippen molar-refractivity contribution in [3.05, 3.63) is 0 Å². The largest absolute Gasteiger partial charge is 2.00 e. The molecule has 0 unspecified atom stereocenters. The molecule has 0 saturated heterocycles. The van der Waals surface area contributed by atoms with Gasteiger partial charge in [0.15, 0.2) is 0 Å². The average Bonchev–Trinajstić information content (AvgIpc) is 1.35. The number of halogens is 1. The molecule has 1 N–H and O–H groups in total. The zero-order valence-corrected chi connectivity index (χ0v) is 7.24. The van der Waals surface area contributed by atoms with Crippen LogP contribution in [0.1, 0.15) is 2.85 Å². The van der Waals surface area contributed by atoms with Crippen LogP contribution < -0.4 is 0 Å². The minimum absolute atomic E-state index is 0. The zero-order valence-electron chi connectivity index (χ0n) is 5.46. The molecule has 0 aromatic heterocycles. The zero-order chi connectivity index (χ0) is 5.21. The Morgan fingerprint density at radius 2 is 1.86 bits per heavy atom. The monoisotopic (exact) mass is 172 g/mol. The van der Waals surface area contributed by atoms with Crippen LogP contribution >= 0.6 is 11.6 Å². The fourth-order valence-electron chi connectivity index (χ4n) is 0. The molecule has 0 rings (SSSR count). The summed E-state index contributed by atoms with van der Waals surface area (Å²) in [7, 11) is -3.90. The van der Waals surface area contributed by atoms with E-state index in [4.69, 9.17) is 4.55 Å². The van der Waals surface area contributed by atoms with Crippen LogP contribution in [-0.4, -0.2) is 55.9 Å². The molecule has 0 aliphatic rings. The van der Waals surface area contributed by atoms with E-state index in [1.807, 2.05) is 0 Å². The second-order valence-corrected chi connectivity index (χ2v) is 2.73. The summed E-state index contributed by atoms with van der Waals surface area (Å²) < 4.78 is 26.5. The maximum atomic E-state index is 9.42. The first-order valence-electron chi connectivity index (χ1n) is 1.07. The van der Waals surface area contributed by atoms with Crippen molar-refractivity contribution < 1.29 is 15.8 Å². The van der Waals surface area contributed by atoms with E-state index in [9.17, 15) is 8.42 Å². The SMILES string of the molecule is O=S(=O)(O)CCl.[Ca+2].[H-].[H-]. The van der Waals surface area contributed by atoms with E-state index in [0.29, 0.717) is 0 Å². The Morgan fingerprint density at radius 1 is 1.71 bits per heavy atom. The Bertz CT molecular complexity index is 124. The van der Waals surface area contributed by atoms with Gasteiger partial charge in [0, 0.05) is 0 Å². The Balaban J connectivity index is -0.0000000417. The number of hydrogen-bond acceptors (Lipinski definition) is 2. The van der Waals surface area contributed by atoms with Gasteiger partial charge in [0.1, 0.15) is 5.21 Å². The first kappa shape index (κ1) is 11.3. The van der Waals surface area contributed by atoms with Crippen molar-refractivity contribution in [1.29, 1.82) is 0 Å². The molecule has 0 spiro atoms. The van der Waals surface area contributed by atoms with E-state index in [1.165, 1.54) is 0 Å². The summed E-state index contributed by atoms with van der Waals surface area (Å²) in [4.78, 5) is 0. The van der Waals surface area contributed by atoms with Gasteiger partial charge in [0.05, 0.1) is 0 Å². The van der Waals surface area contributed by atoms with Gasteiger partial charge in [0.2, 0.25) is 0 Å². The second kappa shape index (κ2) is 4.35. The molecule has 0 aromatic rings. The van der Waals surface area contributed by atoms with Crippen molar-refractivity contribution >= 4 is 59.5 Å². The molecule has 7 heavy (non-hydrogen) atoms. The van der Waals surface area contributed by atoms with Crippen LogP contribution in [0.3, 0.4) is 0 Å². The summed E-state index contributed by atoms with van der Waals surface area (Å²) in [6.07, 6.45) is 0. The van der Waals surface area contributed by atoms with Crippen molar-refractivity contribution in [2.45, 2.75) is 0 Å². The van der Waals surface area contributed by atoms with Crippen molar-refractivity contribution in [2.24, 2.45) is 0 Å². The summed E-state index contributed by atoms with van der Waals surface area (Å²) in [6, 6.07) is 0. The Hall–Kier alpha value is 1.46. The number of alkyl halides is 1. The summed E-state index contributed by atoms with van der Waals surface area (Å²) in [5.41, 5.74) is 0. The normalized spacial score (nSPS) is 10.0. The first-order chi connectivity index (χ1) is 2.56. The fourth-order valence-corrected chi connectivity index (χ4v) is 0. The van der Waals surface area contributed by atoms with Gasteiger partial charge in [-0.25, -0.2) is 0 Å². The van der Waals surface area contributed by atoms with Gasteiger partial charge in [0.25, 0.3) is 10.1 Å². The van der Waals surface area contributed by atoms with Crippen LogP contribution in [0.25, 0.3) is 0 Å². The molecule has 0 atom stereocenters. The van der Waals surface area contributed by atoms with Gasteiger partial charge in [-0.3, -0.25) is 4.55 Å².